The number of thioether (sulfide) groups is 1. The SMILES string of the molecule is CCCSc1nc2cccnc2n1Cc1ccccc1C(N)=O. The molecule has 0 atom stereocenters. The molecule has 0 aliphatic rings. The fraction of sp³-hybridized carbons (Fsp3) is 0.235. The van der Waals surface area contributed by atoms with Crippen LogP contribution in [-0.2, 0) is 6.54 Å². The lowest BCUT2D eigenvalue weighted by atomic mass is 10.1. The van der Waals surface area contributed by atoms with Crippen molar-refractivity contribution in [3.8, 4) is 0 Å². The van der Waals surface area contributed by atoms with Gasteiger partial charge in [0, 0.05) is 17.5 Å². The number of imidazole rings is 1. The van der Waals surface area contributed by atoms with Gasteiger partial charge in [-0.15, -0.1) is 0 Å². The van der Waals surface area contributed by atoms with E-state index >= 15 is 0 Å². The van der Waals surface area contributed by atoms with E-state index in [4.69, 9.17) is 5.73 Å². The molecule has 0 fully saturated rings. The van der Waals surface area contributed by atoms with Gasteiger partial charge in [0.2, 0.25) is 5.91 Å². The van der Waals surface area contributed by atoms with E-state index < -0.39 is 5.91 Å². The van der Waals surface area contributed by atoms with Gasteiger partial charge in [-0.1, -0.05) is 36.9 Å². The van der Waals surface area contributed by atoms with Gasteiger partial charge in [0.25, 0.3) is 0 Å². The van der Waals surface area contributed by atoms with E-state index in [9.17, 15) is 4.79 Å². The third-order valence-corrected chi connectivity index (χ3v) is 4.70. The Morgan fingerprint density at radius 2 is 2.09 bits per heavy atom. The number of pyridine rings is 1. The summed E-state index contributed by atoms with van der Waals surface area (Å²) in [7, 11) is 0. The summed E-state index contributed by atoms with van der Waals surface area (Å²) in [6, 6.07) is 11.2. The van der Waals surface area contributed by atoms with Gasteiger partial charge in [-0.3, -0.25) is 9.36 Å². The number of amides is 1. The van der Waals surface area contributed by atoms with Crippen LogP contribution in [0.15, 0.2) is 47.8 Å². The summed E-state index contributed by atoms with van der Waals surface area (Å²) in [5.74, 6) is 0.571. The largest absolute Gasteiger partial charge is 0.366 e. The van der Waals surface area contributed by atoms with Crippen molar-refractivity contribution in [3.63, 3.8) is 0 Å². The van der Waals surface area contributed by atoms with Crippen LogP contribution in [0.3, 0.4) is 0 Å². The predicted molar refractivity (Wildman–Crippen MR) is 92.6 cm³/mol. The number of carbonyl (C=O) groups excluding carboxylic acids is 1. The molecule has 2 N–H and O–H groups in total. The molecule has 0 saturated carbocycles. The number of nitrogens with zero attached hydrogens (tertiary/aromatic N) is 3. The Labute approximate surface area is 138 Å². The van der Waals surface area contributed by atoms with Crippen molar-refractivity contribution in [1.82, 2.24) is 14.5 Å². The summed E-state index contributed by atoms with van der Waals surface area (Å²) in [6.45, 7) is 2.67. The smallest absolute Gasteiger partial charge is 0.249 e. The number of carbonyl (C=O) groups is 1. The maximum Gasteiger partial charge on any atom is 0.249 e. The quantitative estimate of drug-likeness (QED) is 0.706. The summed E-state index contributed by atoms with van der Waals surface area (Å²) in [5, 5.41) is 0.917. The molecule has 0 aliphatic heterocycles. The molecule has 23 heavy (non-hydrogen) atoms. The molecule has 1 aromatic carbocycles. The Hall–Kier alpha value is -2.34. The molecule has 0 aliphatic carbocycles. The normalized spacial score (nSPS) is 11.0. The van der Waals surface area contributed by atoms with Crippen molar-refractivity contribution >= 4 is 28.8 Å². The summed E-state index contributed by atoms with van der Waals surface area (Å²) in [4.78, 5) is 20.8. The van der Waals surface area contributed by atoms with Crippen molar-refractivity contribution < 1.29 is 4.79 Å². The monoisotopic (exact) mass is 326 g/mol. The minimum absolute atomic E-state index is 0.416. The standard InChI is InChI=1S/C17H18N4OS/c1-2-10-23-17-20-14-8-5-9-19-16(14)21(17)11-12-6-3-4-7-13(12)15(18)22/h3-9H,2,10-11H2,1H3,(H2,18,22). The molecule has 0 radical (unpaired) electrons. The van der Waals surface area contributed by atoms with Gasteiger partial charge in [-0.2, -0.15) is 0 Å². The Kier molecular flexibility index (Phi) is 4.62. The Morgan fingerprint density at radius 1 is 1.26 bits per heavy atom. The van der Waals surface area contributed by atoms with E-state index in [2.05, 4.69) is 21.5 Å². The van der Waals surface area contributed by atoms with Crippen molar-refractivity contribution in [2.45, 2.75) is 25.0 Å². The molecule has 0 spiro atoms. The zero-order chi connectivity index (χ0) is 16.2. The van der Waals surface area contributed by atoms with Crippen LogP contribution in [0.2, 0.25) is 0 Å². The molecular weight excluding hydrogens is 308 g/mol. The fourth-order valence-corrected chi connectivity index (χ4v) is 3.31. The summed E-state index contributed by atoms with van der Waals surface area (Å²) in [5.41, 5.74) is 8.59. The van der Waals surface area contributed by atoms with E-state index in [0.29, 0.717) is 12.1 Å². The number of aromatic nitrogens is 3. The van der Waals surface area contributed by atoms with Gasteiger partial charge in [0.15, 0.2) is 10.8 Å². The highest BCUT2D eigenvalue weighted by Crippen LogP contribution is 2.25. The number of nitrogens with two attached hydrogens (primary N) is 1. The summed E-state index contributed by atoms with van der Waals surface area (Å²) in [6.07, 6.45) is 2.83. The van der Waals surface area contributed by atoms with Gasteiger partial charge in [-0.25, -0.2) is 9.97 Å². The number of hydrogen-bond donors (Lipinski definition) is 1. The number of primary amides is 1. The second kappa shape index (κ2) is 6.83. The van der Waals surface area contributed by atoms with Gasteiger partial charge >= 0.3 is 0 Å². The molecule has 0 saturated heterocycles. The van der Waals surface area contributed by atoms with Crippen LogP contribution in [0, 0.1) is 0 Å². The zero-order valence-corrected chi connectivity index (χ0v) is 13.7. The molecular formula is C17H18N4OS. The second-order valence-corrected chi connectivity index (χ2v) is 6.26. The highest BCUT2D eigenvalue weighted by Gasteiger charge is 2.15. The van der Waals surface area contributed by atoms with E-state index in [-0.39, 0.29) is 0 Å². The molecule has 5 nitrogen and oxygen atoms in total. The summed E-state index contributed by atoms with van der Waals surface area (Å²) >= 11 is 1.70. The van der Waals surface area contributed by atoms with Crippen LogP contribution in [-0.4, -0.2) is 26.2 Å². The molecule has 6 heteroatoms. The Morgan fingerprint density at radius 3 is 2.87 bits per heavy atom. The first-order chi connectivity index (χ1) is 11.2. The third kappa shape index (κ3) is 3.22. The van der Waals surface area contributed by atoms with Gasteiger partial charge in [-0.05, 0) is 30.2 Å². The van der Waals surface area contributed by atoms with Gasteiger partial charge in [0.05, 0.1) is 6.54 Å². The first kappa shape index (κ1) is 15.6. The van der Waals surface area contributed by atoms with Crippen LogP contribution < -0.4 is 5.73 Å². The van der Waals surface area contributed by atoms with E-state index in [1.807, 2.05) is 30.3 Å². The predicted octanol–water partition coefficient (Wildman–Crippen LogP) is 3.08. The number of hydrogen-bond acceptors (Lipinski definition) is 4. The maximum absolute atomic E-state index is 11.6. The minimum Gasteiger partial charge on any atom is -0.366 e. The molecule has 0 bridgehead atoms. The van der Waals surface area contributed by atoms with E-state index in [0.717, 1.165) is 34.1 Å². The van der Waals surface area contributed by atoms with Gasteiger partial charge in [0.1, 0.15) is 5.52 Å². The number of benzene rings is 1. The molecule has 2 aromatic heterocycles. The molecule has 2 heterocycles. The number of rotatable bonds is 6. The van der Waals surface area contributed by atoms with Crippen LogP contribution in [0.5, 0.6) is 0 Å². The molecule has 118 valence electrons. The molecule has 3 aromatic rings. The molecule has 3 rings (SSSR count). The lowest BCUT2D eigenvalue weighted by Crippen LogP contribution is -2.15. The topological polar surface area (TPSA) is 73.8 Å². The molecule has 0 unspecified atom stereocenters. The van der Waals surface area contributed by atoms with Crippen LogP contribution >= 0.6 is 11.8 Å². The zero-order valence-electron chi connectivity index (χ0n) is 12.9. The third-order valence-electron chi connectivity index (χ3n) is 3.52. The Bertz CT molecular complexity index is 843. The van der Waals surface area contributed by atoms with Crippen molar-refractivity contribution in [2.75, 3.05) is 5.75 Å². The minimum atomic E-state index is -0.416. The lowest BCUT2D eigenvalue weighted by molar-refractivity contribution is 0.0999. The van der Waals surface area contributed by atoms with Crippen LogP contribution in [0.25, 0.3) is 11.2 Å². The fourth-order valence-electron chi connectivity index (χ4n) is 2.45. The first-order valence-electron chi connectivity index (χ1n) is 7.52. The number of fused-ring (bicyclic) bond motifs is 1. The van der Waals surface area contributed by atoms with Crippen LogP contribution in [0.4, 0.5) is 0 Å². The highest BCUT2D eigenvalue weighted by atomic mass is 32.2. The van der Waals surface area contributed by atoms with E-state index in [1.165, 1.54) is 0 Å². The second-order valence-electron chi connectivity index (χ2n) is 5.20. The van der Waals surface area contributed by atoms with Crippen LogP contribution in [0.1, 0.15) is 29.3 Å². The van der Waals surface area contributed by atoms with E-state index in [1.54, 1.807) is 24.0 Å². The van der Waals surface area contributed by atoms with Crippen molar-refractivity contribution in [3.05, 3.63) is 53.7 Å². The highest BCUT2D eigenvalue weighted by molar-refractivity contribution is 7.99. The lowest BCUT2D eigenvalue weighted by Gasteiger charge is -2.10. The average Bonchev–Trinajstić information content (AvgIpc) is 2.91. The average molecular weight is 326 g/mol. The van der Waals surface area contributed by atoms with Gasteiger partial charge < -0.3 is 5.73 Å². The first-order valence-corrected chi connectivity index (χ1v) is 8.51. The Balaban J connectivity index is 2.06. The van der Waals surface area contributed by atoms with Crippen molar-refractivity contribution in [1.29, 1.82) is 0 Å². The summed E-state index contributed by atoms with van der Waals surface area (Å²) < 4.78 is 2.05. The molecule has 1 amide bonds. The van der Waals surface area contributed by atoms with Crippen molar-refractivity contribution in [2.24, 2.45) is 5.73 Å². The maximum atomic E-state index is 11.6.